The van der Waals surface area contributed by atoms with Gasteiger partial charge >= 0.3 is 0 Å². The van der Waals surface area contributed by atoms with E-state index in [-0.39, 0.29) is 29.5 Å². The Balaban J connectivity index is 1.52. The number of carbonyl (C=O) groups is 1. The zero-order valence-corrected chi connectivity index (χ0v) is 20.7. The molecule has 0 radical (unpaired) electrons. The molecule has 3 heterocycles. The van der Waals surface area contributed by atoms with Crippen molar-refractivity contribution in [2.75, 3.05) is 44.7 Å². The largest absolute Gasteiger partial charge is 0.489 e. The van der Waals surface area contributed by atoms with Gasteiger partial charge in [-0.05, 0) is 56.3 Å². The highest BCUT2D eigenvalue weighted by atomic mass is 32.2. The van der Waals surface area contributed by atoms with Gasteiger partial charge in [-0.2, -0.15) is 4.31 Å². The number of sulfonamides is 1. The number of likely N-dealkylation sites (tertiary alicyclic amines) is 1. The van der Waals surface area contributed by atoms with Crippen LogP contribution < -0.4 is 10.1 Å². The number of benzene rings is 1. The summed E-state index contributed by atoms with van der Waals surface area (Å²) in [4.78, 5) is 16.4. The molecule has 1 amide bonds. The number of carbonyl (C=O) groups excluding carboxylic acids is 1. The molecule has 0 aliphatic carbocycles. The Labute approximate surface area is 199 Å². The second-order valence-corrected chi connectivity index (χ2v) is 11.4. The SMILES string of the molecule is CC(C)Oc1ccc(S(=O)(=O)N2CCOCC2)cc1NCC(=O)N1CCCC1c1cccs1. The first kappa shape index (κ1) is 24.0. The van der Waals surface area contributed by atoms with Crippen LogP contribution in [0.5, 0.6) is 5.75 Å². The number of anilines is 1. The van der Waals surface area contributed by atoms with Crippen molar-refractivity contribution < 1.29 is 22.7 Å². The Hall–Kier alpha value is -2.14. The maximum absolute atomic E-state index is 13.1. The third-order valence-corrected chi connectivity index (χ3v) is 8.66. The predicted octanol–water partition coefficient (Wildman–Crippen LogP) is 3.33. The van der Waals surface area contributed by atoms with E-state index in [4.69, 9.17) is 9.47 Å². The molecule has 1 aromatic heterocycles. The fourth-order valence-electron chi connectivity index (χ4n) is 4.21. The van der Waals surface area contributed by atoms with Crippen molar-refractivity contribution in [2.24, 2.45) is 0 Å². The molecule has 2 aliphatic rings. The Bertz CT molecular complexity index is 1050. The summed E-state index contributed by atoms with van der Waals surface area (Å²) in [6.45, 7) is 6.02. The van der Waals surface area contributed by atoms with E-state index in [0.717, 1.165) is 19.4 Å². The molecule has 2 aromatic rings. The van der Waals surface area contributed by atoms with Gasteiger partial charge in [-0.1, -0.05) is 6.07 Å². The van der Waals surface area contributed by atoms with Crippen molar-refractivity contribution in [1.29, 1.82) is 0 Å². The van der Waals surface area contributed by atoms with Crippen LogP contribution in [0.4, 0.5) is 5.69 Å². The van der Waals surface area contributed by atoms with Crippen molar-refractivity contribution in [2.45, 2.75) is 43.7 Å². The van der Waals surface area contributed by atoms with Crippen LogP contribution in [0.15, 0.2) is 40.6 Å². The first-order chi connectivity index (χ1) is 15.9. The second kappa shape index (κ2) is 10.4. The number of nitrogens with one attached hydrogen (secondary N) is 1. The molecule has 0 bridgehead atoms. The molecule has 1 unspecified atom stereocenters. The van der Waals surface area contributed by atoms with Crippen molar-refractivity contribution in [3.8, 4) is 5.75 Å². The van der Waals surface area contributed by atoms with E-state index in [1.807, 2.05) is 30.2 Å². The second-order valence-electron chi connectivity index (χ2n) is 8.46. The summed E-state index contributed by atoms with van der Waals surface area (Å²) in [5.41, 5.74) is 0.498. The van der Waals surface area contributed by atoms with Crippen LogP contribution in [0.3, 0.4) is 0 Å². The van der Waals surface area contributed by atoms with E-state index in [9.17, 15) is 13.2 Å². The highest BCUT2D eigenvalue weighted by Crippen LogP contribution is 2.35. The molecule has 4 rings (SSSR count). The van der Waals surface area contributed by atoms with Gasteiger partial charge in [0.25, 0.3) is 0 Å². The monoisotopic (exact) mass is 493 g/mol. The molecule has 1 aromatic carbocycles. The zero-order chi connectivity index (χ0) is 23.4. The molecule has 8 nitrogen and oxygen atoms in total. The molecule has 1 atom stereocenters. The Morgan fingerprint density at radius 2 is 2.03 bits per heavy atom. The quantitative estimate of drug-likeness (QED) is 0.607. The van der Waals surface area contributed by atoms with Crippen molar-refractivity contribution in [1.82, 2.24) is 9.21 Å². The molecule has 180 valence electrons. The molecule has 2 aliphatic heterocycles. The number of ether oxygens (including phenoxy) is 2. The molecule has 1 N–H and O–H groups in total. The summed E-state index contributed by atoms with van der Waals surface area (Å²) in [5.74, 6) is 0.512. The van der Waals surface area contributed by atoms with Crippen LogP contribution in [0.25, 0.3) is 0 Å². The summed E-state index contributed by atoms with van der Waals surface area (Å²) in [7, 11) is -3.66. The average molecular weight is 494 g/mol. The minimum absolute atomic E-state index is 0.0113. The summed E-state index contributed by atoms with van der Waals surface area (Å²) in [6, 6.07) is 8.97. The predicted molar refractivity (Wildman–Crippen MR) is 128 cm³/mol. The summed E-state index contributed by atoms with van der Waals surface area (Å²) >= 11 is 1.67. The molecule has 0 spiro atoms. The molecule has 2 fully saturated rings. The number of amides is 1. The summed E-state index contributed by atoms with van der Waals surface area (Å²) < 4.78 is 38.8. The number of nitrogens with zero attached hydrogens (tertiary/aromatic N) is 2. The third-order valence-electron chi connectivity index (χ3n) is 5.80. The fourth-order valence-corrected chi connectivity index (χ4v) is 6.52. The van der Waals surface area contributed by atoms with Gasteiger partial charge in [0.15, 0.2) is 0 Å². The maximum Gasteiger partial charge on any atom is 0.243 e. The van der Waals surface area contributed by atoms with Crippen molar-refractivity contribution in [3.63, 3.8) is 0 Å². The Morgan fingerprint density at radius 3 is 2.73 bits per heavy atom. The molecule has 10 heteroatoms. The van der Waals surface area contributed by atoms with Crippen LogP contribution in [0.2, 0.25) is 0 Å². The van der Waals surface area contributed by atoms with Gasteiger partial charge in [-0.25, -0.2) is 8.42 Å². The summed E-state index contributed by atoms with van der Waals surface area (Å²) in [5, 5.41) is 5.19. The van der Waals surface area contributed by atoms with Gasteiger partial charge in [0.05, 0.1) is 42.5 Å². The lowest BCUT2D eigenvalue weighted by atomic mass is 10.2. The van der Waals surface area contributed by atoms with Gasteiger partial charge in [0, 0.05) is 24.5 Å². The molecule has 0 saturated carbocycles. The topological polar surface area (TPSA) is 88.2 Å². The molecular weight excluding hydrogens is 462 g/mol. The van der Waals surface area contributed by atoms with E-state index < -0.39 is 10.0 Å². The highest BCUT2D eigenvalue weighted by Gasteiger charge is 2.31. The lowest BCUT2D eigenvalue weighted by Crippen LogP contribution is -2.40. The van der Waals surface area contributed by atoms with Gasteiger partial charge < -0.3 is 19.7 Å². The Kier molecular flexibility index (Phi) is 7.58. The fraction of sp³-hybridized carbons (Fsp3) is 0.522. The normalized spacial score (nSPS) is 19.7. The van der Waals surface area contributed by atoms with Gasteiger partial charge in [0.2, 0.25) is 15.9 Å². The molecular formula is C23H31N3O5S2. The molecule has 2 saturated heterocycles. The number of rotatable bonds is 8. The van der Waals surface area contributed by atoms with Gasteiger partial charge in [-0.15, -0.1) is 11.3 Å². The van der Waals surface area contributed by atoms with Crippen molar-refractivity contribution >= 4 is 33.0 Å². The lowest BCUT2D eigenvalue weighted by Gasteiger charge is -2.27. The van der Waals surface area contributed by atoms with Gasteiger partial charge in [0.1, 0.15) is 5.75 Å². The number of hydrogen-bond acceptors (Lipinski definition) is 7. The van der Waals surface area contributed by atoms with Crippen LogP contribution >= 0.6 is 11.3 Å². The molecule has 33 heavy (non-hydrogen) atoms. The van der Waals surface area contributed by atoms with Crippen molar-refractivity contribution in [3.05, 3.63) is 40.6 Å². The van der Waals surface area contributed by atoms with Crippen LogP contribution in [-0.2, 0) is 19.6 Å². The third kappa shape index (κ3) is 5.51. The average Bonchev–Trinajstić information content (AvgIpc) is 3.50. The van der Waals surface area contributed by atoms with Crippen LogP contribution in [0, 0.1) is 0 Å². The highest BCUT2D eigenvalue weighted by molar-refractivity contribution is 7.89. The van der Waals surface area contributed by atoms with Crippen LogP contribution in [0.1, 0.15) is 37.6 Å². The standard InChI is InChI=1S/C23H31N3O5S2/c1-17(2)31-21-8-7-18(33(28,29)25-10-12-30-13-11-25)15-19(21)24-16-23(27)26-9-3-5-20(26)22-6-4-14-32-22/h4,6-8,14-15,17,20,24H,3,5,9-13,16H2,1-2H3. The zero-order valence-electron chi connectivity index (χ0n) is 19.0. The van der Waals surface area contributed by atoms with Gasteiger partial charge in [-0.3, -0.25) is 4.79 Å². The number of thiophene rings is 1. The van der Waals surface area contributed by atoms with E-state index in [2.05, 4.69) is 11.4 Å². The van der Waals surface area contributed by atoms with E-state index in [0.29, 0.717) is 37.7 Å². The van der Waals surface area contributed by atoms with E-state index in [1.165, 1.54) is 9.18 Å². The minimum Gasteiger partial charge on any atom is -0.489 e. The maximum atomic E-state index is 13.1. The van der Waals surface area contributed by atoms with E-state index in [1.54, 1.807) is 29.5 Å². The Morgan fingerprint density at radius 1 is 1.24 bits per heavy atom. The van der Waals surface area contributed by atoms with Crippen LogP contribution in [-0.4, -0.2) is 69.0 Å². The van der Waals surface area contributed by atoms with E-state index >= 15 is 0 Å². The lowest BCUT2D eigenvalue weighted by molar-refractivity contribution is -0.130. The number of morpholine rings is 1. The number of hydrogen-bond donors (Lipinski definition) is 1. The first-order valence-corrected chi connectivity index (χ1v) is 13.6. The minimum atomic E-state index is -3.66. The smallest absolute Gasteiger partial charge is 0.243 e. The summed E-state index contributed by atoms with van der Waals surface area (Å²) in [6.07, 6.45) is 1.84. The first-order valence-electron chi connectivity index (χ1n) is 11.3.